The van der Waals surface area contributed by atoms with Gasteiger partial charge in [-0.25, -0.2) is 9.50 Å². The maximum absolute atomic E-state index is 12.5. The summed E-state index contributed by atoms with van der Waals surface area (Å²) in [7, 11) is 0. The molecule has 0 aliphatic rings. The molecule has 0 spiro atoms. The number of nitrogens with one attached hydrogen (secondary N) is 1. The first-order valence-electron chi connectivity index (χ1n) is 9.25. The van der Waals surface area contributed by atoms with Crippen LogP contribution in [0.1, 0.15) is 52.8 Å². The van der Waals surface area contributed by atoms with E-state index in [4.69, 9.17) is 0 Å². The largest absolute Gasteiger partial charge is 0.349 e. The smallest absolute Gasteiger partial charge is 0.252 e. The third kappa shape index (κ3) is 4.98. The molecule has 0 atom stereocenters. The lowest BCUT2D eigenvalue weighted by molar-refractivity contribution is -0.123. The first-order valence-corrected chi connectivity index (χ1v) is 9.25. The van der Waals surface area contributed by atoms with E-state index in [1.165, 1.54) is 0 Å². The minimum Gasteiger partial charge on any atom is -0.349 e. The van der Waals surface area contributed by atoms with Crippen LogP contribution in [-0.4, -0.2) is 55.6 Å². The Hall–Kier alpha value is -2.02. The van der Waals surface area contributed by atoms with Crippen molar-refractivity contribution in [2.75, 3.05) is 19.6 Å². The number of nitrogens with zero attached hydrogens (tertiary/aromatic N) is 5. The monoisotopic (exact) mass is 346 g/mol. The summed E-state index contributed by atoms with van der Waals surface area (Å²) in [5.41, 5.74) is -0.170. The van der Waals surface area contributed by atoms with Crippen molar-refractivity contribution in [2.24, 2.45) is 0 Å². The van der Waals surface area contributed by atoms with Gasteiger partial charge in [-0.2, -0.15) is 4.98 Å². The summed E-state index contributed by atoms with van der Waals surface area (Å²) in [6.07, 6.45) is 6.23. The van der Waals surface area contributed by atoms with Gasteiger partial charge in [0.05, 0.1) is 5.54 Å². The van der Waals surface area contributed by atoms with Crippen LogP contribution in [0.15, 0.2) is 18.5 Å². The zero-order valence-corrected chi connectivity index (χ0v) is 15.8. The number of aromatic nitrogens is 4. The molecule has 0 aliphatic carbocycles. The Morgan fingerprint density at radius 3 is 2.56 bits per heavy atom. The molecule has 138 valence electrons. The Kier molecular flexibility index (Phi) is 6.87. The van der Waals surface area contributed by atoms with Gasteiger partial charge in [0.25, 0.3) is 5.78 Å². The number of rotatable bonds is 10. The molecule has 0 bridgehead atoms. The summed E-state index contributed by atoms with van der Waals surface area (Å²) >= 11 is 0. The molecular weight excluding hydrogens is 316 g/mol. The van der Waals surface area contributed by atoms with E-state index in [1.807, 2.05) is 12.3 Å². The van der Waals surface area contributed by atoms with Gasteiger partial charge in [0.15, 0.2) is 5.82 Å². The van der Waals surface area contributed by atoms with E-state index < -0.39 is 0 Å². The molecule has 1 amide bonds. The second-order valence-corrected chi connectivity index (χ2v) is 6.39. The van der Waals surface area contributed by atoms with Crippen LogP contribution >= 0.6 is 0 Å². The average Bonchev–Trinajstić information content (AvgIpc) is 3.06. The molecule has 1 N–H and O–H groups in total. The van der Waals surface area contributed by atoms with Crippen molar-refractivity contribution in [3.8, 4) is 0 Å². The Bertz CT molecular complexity index is 642. The van der Waals surface area contributed by atoms with Crippen LogP contribution in [0.2, 0.25) is 0 Å². The topological polar surface area (TPSA) is 75.4 Å². The number of hydrogen-bond donors (Lipinski definition) is 1. The Morgan fingerprint density at radius 2 is 1.96 bits per heavy atom. The molecular formula is C18H30N6O. The normalized spacial score (nSPS) is 12.0. The van der Waals surface area contributed by atoms with Gasteiger partial charge in [-0.15, -0.1) is 5.10 Å². The summed E-state index contributed by atoms with van der Waals surface area (Å²) in [6.45, 7) is 11.5. The third-order valence-corrected chi connectivity index (χ3v) is 4.91. The standard InChI is InChI=1S/C18H30N6O/c1-5-18(6-2,14-23(7-3)8-4)21-16(25)11-10-15-20-17-19-12-9-13-24(17)22-15/h9,12-13H,5-8,10-11,14H2,1-4H3,(H,21,25). The number of hydrogen-bond acceptors (Lipinski definition) is 5. The molecule has 2 aromatic rings. The molecule has 0 aromatic carbocycles. The number of aryl methyl sites for hydroxylation is 1. The Morgan fingerprint density at radius 1 is 1.24 bits per heavy atom. The molecule has 2 aromatic heterocycles. The average molecular weight is 346 g/mol. The first-order chi connectivity index (χ1) is 12.1. The van der Waals surface area contributed by atoms with E-state index in [0.29, 0.717) is 24.4 Å². The second-order valence-electron chi connectivity index (χ2n) is 6.39. The molecule has 0 radical (unpaired) electrons. The van der Waals surface area contributed by atoms with E-state index in [1.54, 1.807) is 10.7 Å². The molecule has 0 saturated carbocycles. The van der Waals surface area contributed by atoms with E-state index in [2.05, 4.69) is 53.0 Å². The molecule has 7 heteroatoms. The molecule has 2 rings (SSSR count). The van der Waals surface area contributed by atoms with Gasteiger partial charge < -0.3 is 10.2 Å². The molecule has 2 heterocycles. The molecule has 25 heavy (non-hydrogen) atoms. The predicted octanol–water partition coefficient (Wildman–Crippen LogP) is 2.07. The second kappa shape index (κ2) is 8.89. The zero-order valence-electron chi connectivity index (χ0n) is 15.8. The molecule has 0 unspecified atom stereocenters. The summed E-state index contributed by atoms with van der Waals surface area (Å²) < 4.78 is 1.63. The van der Waals surface area contributed by atoms with Crippen LogP contribution in [-0.2, 0) is 11.2 Å². The summed E-state index contributed by atoms with van der Waals surface area (Å²) in [5, 5.41) is 7.63. The molecule has 7 nitrogen and oxygen atoms in total. The lowest BCUT2D eigenvalue weighted by atomic mass is 9.91. The van der Waals surface area contributed by atoms with Crippen LogP contribution < -0.4 is 5.32 Å². The molecule has 0 aliphatic heterocycles. The Labute approximate surface area is 149 Å². The van der Waals surface area contributed by atoms with Gasteiger partial charge in [-0.1, -0.05) is 27.7 Å². The van der Waals surface area contributed by atoms with Gasteiger partial charge >= 0.3 is 0 Å². The van der Waals surface area contributed by atoms with E-state index in [-0.39, 0.29) is 11.4 Å². The van der Waals surface area contributed by atoms with Gasteiger partial charge in [-0.05, 0) is 32.0 Å². The highest BCUT2D eigenvalue weighted by Gasteiger charge is 2.29. The maximum Gasteiger partial charge on any atom is 0.252 e. The zero-order chi connectivity index (χ0) is 18.3. The highest BCUT2D eigenvalue weighted by molar-refractivity contribution is 5.77. The molecule has 0 fully saturated rings. The highest BCUT2D eigenvalue weighted by atomic mass is 16.1. The molecule has 0 saturated heterocycles. The van der Waals surface area contributed by atoms with Crippen molar-refractivity contribution in [3.05, 3.63) is 24.3 Å². The van der Waals surface area contributed by atoms with Crippen molar-refractivity contribution in [3.63, 3.8) is 0 Å². The predicted molar refractivity (Wildman–Crippen MR) is 98.3 cm³/mol. The number of likely N-dealkylation sites (N-methyl/N-ethyl adjacent to an activating group) is 1. The number of amides is 1. The van der Waals surface area contributed by atoms with Crippen molar-refractivity contribution < 1.29 is 4.79 Å². The van der Waals surface area contributed by atoms with E-state index in [9.17, 15) is 4.79 Å². The summed E-state index contributed by atoms with van der Waals surface area (Å²) in [4.78, 5) is 23.4. The van der Waals surface area contributed by atoms with Gasteiger partial charge in [0.1, 0.15) is 0 Å². The van der Waals surface area contributed by atoms with Gasteiger partial charge in [0.2, 0.25) is 5.91 Å². The van der Waals surface area contributed by atoms with Gasteiger partial charge in [0, 0.05) is 31.8 Å². The van der Waals surface area contributed by atoms with E-state index >= 15 is 0 Å². The fraction of sp³-hybridized carbons (Fsp3) is 0.667. The SMILES string of the molecule is CCN(CC)CC(CC)(CC)NC(=O)CCc1nc2ncccn2n1. The minimum atomic E-state index is -0.170. The van der Waals surface area contributed by atoms with E-state index in [0.717, 1.165) is 32.5 Å². The Balaban J connectivity index is 1.96. The third-order valence-electron chi connectivity index (χ3n) is 4.91. The van der Waals surface area contributed by atoms with Crippen LogP contribution in [0.25, 0.3) is 5.78 Å². The van der Waals surface area contributed by atoms with Crippen LogP contribution in [0, 0.1) is 0 Å². The van der Waals surface area contributed by atoms with Crippen molar-refractivity contribution >= 4 is 11.7 Å². The fourth-order valence-electron chi connectivity index (χ4n) is 3.03. The van der Waals surface area contributed by atoms with Crippen molar-refractivity contribution in [1.82, 2.24) is 29.8 Å². The summed E-state index contributed by atoms with van der Waals surface area (Å²) in [6, 6.07) is 1.81. The van der Waals surface area contributed by atoms with Crippen molar-refractivity contribution in [1.29, 1.82) is 0 Å². The van der Waals surface area contributed by atoms with Crippen LogP contribution in [0.5, 0.6) is 0 Å². The minimum absolute atomic E-state index is 0.0580. The fourth-order valence-corrected chi connectivity index (χ4v) is 3.03. The first kappa shape index (κ1) is 19.3. The van der Waals surface area contributed by atoms with Crippen LogP contribution in [0.4, 0.5) is 0 Å². The van der Waals surface area contributed by atoms with Gasteiger partial charge in [-0.3, -0.25) is 4.79 Å². The summed E-state index contributed by atoms with van der Waals surface area (Å²) in [5.74, 6) is 1.27. The van der Waals surface area contributed by atoms with Crippen molar-refractivity contribution in [2.45, 2.75) is 58.9 Å². The number of carbonyl (C=O) groups is 1. The lowest BCUT2D eigenvalue weighted by Gasteiger charge is -2.37. The quantitative estimate of drug-likeness (QED) is 0.713. The number of carbonyl (C=O) groups excluding carboxylic acids is 1. The lowest BCUT2D eigenvalue weighted by Crippen LogP contribution is -2.55. The van der Waals surface area contributed by atoms with Crippen LogP contribution in [0.3, 0.4) is 0 Å². The highest BCUT2D eigenvalue weighted by Crippen LogP contribution is 2.17. The number of fused-ring (bicyclic) bond motifs is 1. The maximum atomic E-state index is 12.5.